The Morgan fingerprint density at radius 1 is 1.41 bits per heavy atom. The minimum Gasteiger partial charge on any atom is -0.382 e. The summed E-state index contributed by atoms with van der Waals surface area (Å²) in [5.41, 5.74) is -0.768. The van der Waals surface area contributed by atoms with E-state index in [1.807, 2.05) is 0 Å². The van der Waals surface area contributed by atoms with Crippen molar-refractivity contribution >= 4 is 17.4 Å². The van der Waals surface area contributed by atoms with Crippen LogP contribution in [0.2, 0.25) is 5.02 Å². The molecule has 0 aliphatic heterocycles. The van der Waals surface area contributed by atoms with Crippen molar-refractivity contribution in [2.24, 2.45) is 0 Å². The fraction of sp³-hybridized carbons (Fsp3) is 0.462. The second kappa shape index (κ2) is 5.61. The topological polar surface area (TPSA) is 37.3 Å². The number of hydrogen-bond donors (Lipinski definition) is 1. The average Bonchev–Trinajstić information content (AvgIpc) is 2.31. The van der Waals surface area contributed by atoms with Gasteiger partial charge < -0.3 is 5.11 Å². The van der Waals surface area contributed by atoms with Crippen molar-refractivity contribution in [3.05, 3.63) is 34.6 Å². The summed E-state index contributed by atoms with van der Waals surface area (Å²) >= 11 is 5.84. The summed E-state index contributed by atoms with van der Waals surface area (Å²) in [4.78, 5) is 11.9. The lowest BCUT2D eigenvalue weighted by atomic mass is 9.88. The summed E-state index contributed by atoms with van der Waals surface area (Å²) in [6, 6.07) is 3.90. The molecule has 17 heavy (non-hydrogen) atoms. The van der Waals surface area contributed by atoms with Gasteiger partial charge in [-0.1, -0.05) is 31.5 Å². The van der Waals surface area contributed by atoms with Crippen molar-refractivity contribution < 1.29 is 14.3 Å². The molecule has 0 fully saturated rings. The summed E-state index contributed by atoms with van der Waals surface area (Å²) < 4.78 is 12.8. The normalized spacial score (nSPS) is 11.6. The molecule has 0 bridgehead atoms. The molecule has 0 spiro atoms. The highest BCUT2D eigenvalue weighted by molar-refractivity contribution is 6.31. The van der Waals surface area contributed by atoms with Crippen LogP contribution in [0.1, 0.15) is 32.3 Å². The number of aliphatic hydroxyl groups is 1. The molecular formula is C13H16ClFO2. The van der Waals surface area contributed by atoms with Gasteiger partial charge in [-0.2, -0.15) is 0 Å². The maximum atomic E-state index is 12.8. The molecule has 0 aliphatic carbocycles. The summed E-state index contributed by atoms with van der Waals surface area (Å²) in [5.74, 6) is -0.719. The maximum Gasteiger partial charge on any atom is 0.168 e. The van der Waals surface area contributed by atoms with Crippen molar-refractivity contribution in [3.63, 3.8) is 0 Å². The molecule has 4 heteroatoms. The van der Waals surface area contributed by atoms with Crippen LogP contribution in [-0.2, 0) is 11.2 Å². The van der Waals surface area contributed by atoms with E-state index in [2.05, 4.69) is 0 Å². The number of rotatable bonds is 5. The molecule has 0 aliphatic rings. The van der Waals surface area contributed by atoms with Gasteiger partial charge >= 0.3 is 0 Å². The molecule has 0 saturated carbocycles. The summed E-state index contributed by atoms with van der Waals surface area (Å²) in [6.45, 7) is 3.52. The Morgan fingerprint density at radius 3 is 2.47 bits per heavy atom. The van der Waals surface area contributed by atoms with Gasteiger partial charge in [-0.15, -0.1) is 0 Å². The molecule has 1 aromatic rings. The quantitative estimate of drug-likeness (QED) is 0.881. The zero-order valence-electron chi connectivity index (χ0n) is 9.96. The van der Waals surface area contributed by atoms with Gasteiger partial charge in [-0.25, -0.2) is 4.39 Å². The third-order valence-electron chi connectivity index (χ3n) is 3.05. The molecular weight excluding hydrogens is 243 g/mol. The molecule has 0 heterocycles. The Balaban J connectivity index is 2.88. The predicted octanol–water partition coefficient (Wildman–Crippen LogP) is 3.14. The van der Waals surface area contributed by atoms with Crippen LogP contribution in [0.4, 0.5) is 4.39 Å². The van der Waals surface area contributed by atoms with Gasteiger partial charge in [0.05, 0.1) is 0 Å². The van der Waals surface area contributed by atoms with Crippen molar-refractivity contribution in [1.29, 1.82) is 0 Å². The summed E-state index contributed by atoms with van der Waals surface area (Å²) in [6.07, 6.45) is 0.750. The lowest BCUT2D eigenvalue weighted by Gasteiger charge is -2.23. The zero-order valence-corrected chi connectivity index (χ0v) is 10.7. The Hall–Kier alpha value is -0.930. The molecule has 0 radical (unpaired) electrons. The highest BCUT2D eigenvalue weighted by atomic mass is 35.5. The van der Waals surface area contributed by atoms with Gasteiger partial charge in [0.2, 0.25) is 0 Å². The Labute approximate surface area is 105 Å². The fourth-order valence-electron chi connectivity index (χ4n) is 1.65. The van der Waals surface area contributed by atoms with Crippen molar-refractivity contribution in [2.75, 3.05) is 0 Å². The van der Waals surface area contributed by atoms with E-state index in [1.54, 1.807) is 13.8 Å². The SMILES string of the molecule is CCC(O)(CC)C(=O)Cc1ccc(F)cc1Cl. The molecule has 0 amide bonds. The molecule has 0 unspecified atom stereocenters. The zero-order chi connectivity index (χ0) is 13.1. The number of benzene rings is 1. The monoisotopic (exact) mass is 258 g/mol. The number of carbonyl (C=O) groups is 1. The number of halogens is 2. The van der Waals surface area contributed by atoms with Crippen molar-refractivity contribution in [2.45, 2.75) is 38.7 Å². The standard InChI is InChI=1S/C13H16ClFO2/c1-3-13(17,4-2)12(16)7-9-5-6-10(15)8-11(9)14/h5-6,8,17H,3-4,7H2,1-2H3. The second-order valence-corrected chi connectivity index (χ2v) is 4.48. The Bertz CT molecular complexity index is 414. The maximum absolute atomic E-state index is 12.8. The average molecular weight is 259 g/mol. The first-order valence-electron chi connectivity index (χ1n) is 5.62. The van der Waals surface area contributed by atoms with E-state index in [-0.39, 0.29) is 17.2 Å². The number of Topliss-reactive ketones (excluding diaryl/α,β-unsaturated/α-hetero) is 1. The Morgan fingerprint density at radius 2 is 2.00 bits per heavy atom. The van der Waals surface area contributed by atoms with E-state index in [0.717, 1.165) is 0 Å². The van der Waals surface area contributed by atoms with Crippen LogP contribution >= 0.6 is 11.6 Å². The molecule has 94 valence electrons. The Kier molecular flexibility index (Phi) is 4.66. The van der Waals surface area contributed by atoms with Crippen LogP contribution in [0.5, 0.6) is 0 Å². The molecule has 1 aromatic carbocycles. The van der Waals surface area contributed by atoms with E-state index in [1.165, 1.54) is 18.2 Å². The number of ketones is 1. The highest BCUT2D eigenvalue weighted by Crippen LogP contribution is 2.23. The minimum absolute atomic E-state index is 0.0251. The second-order valence-electron chi connectivity index (χ2n) is 4.07. The van der Waals surface area contributed by atoms with Gasteiger partial charge in [-0.05, 0) is 30.5 Å². The molecule has 1 rings (SSSR count). The number of carbonyl (C=O) groups excluding carboxylic acids is 1. The van der Waals surface area contributed by atoms with Crippen molar-refractivity contribution in [3.8, 4) is 0 Å². The lowest BCUT2D eigenvalue weighted by Crippen LogP contribution is -2.38. The smallest absolute Gasteiger partial charge is 0.168 e. The third kappa shape index (κ3) is 3.27. The first-order valence-corrected chi connectivity index (χ1v) is 6.00. The summed E-state index contributed by atoms with van der Waals surface area (Å²) in [5, 5.41) is 10.3. The van der Waals surface area contributed by atoms with Crippen molar-refractivity contribution in [1.82, 2.24) is 0 Å². The van der Waals surface area contributed by atoms with Gasteiger partial charge in [0.1, 0.15) is 11.4 Å². The van der Waals surface area contributed by atoms with Crippen LogP contribution in [0.25, 0.3) is 0 Å². The fourth-order valence-corrected chi connectivity index (χ4v) is 1.88. The summed E-state index contributed by atoms with van der Waals surface area (Å²) in [7, 11) is 0. The highest BCUT2D eigenvalue weighted by Gasteiger charge is 2.31. The largest absolute Gasteiger partial charge is 0.382 e. The van der Waals surface area contributed by atoms with Crippen LogP contribution in [0, 0.1) is 5.82 Å². The van der Waals surface area contributed by atoms with E-state index in [9.17, 15) is 14.3 Å². The first-order chi connectivity index (χ1) is 7.92. The van der Waals surface area contributed by atoms with Crippen LogP contribution in [0.15, 0.2) is 18.2 Å². The molecule has 0 aromatic heterocycles. The predicted molar refractivity (Wildman–Crippen MR) is 65.7 cm³/mol. The van der Waals surface area contributed by atoms with E-state index in [4.69, 9.17) is 11.6 Å². The number of hydrogen-bond acceptors (Lipinski definition) is 2. The minimum atomic E-state index is -1.31. The van der Waals surface area contributed by atoms with Gasteiger partial charge in [-0.3, -0.25) is 4.79 Å². The van der Waals surface area contributed by atoms with E-state index in [0.29, 0.717) is 18.4 Å². The van der Waals surface area contributed by atoms with E-state index < -0.39 is 11.4 Å². The molecule has 1 N–H and O–H groups in total. The lowest BCUT2D eigenvalue weighted by molar-refractivity contribution is -0.137. The van der Waals surface area contributed by atoms with Gasteiger partial charge in [0.25, 0.3) is 0 Å². The third-order valence-corrected chi connectivity index (χ3v) is 3.41. The van der Waals surface area contributed by atoms with Crippen LogP contribution in [-0.4, -0.2) is 16.5 Å². The van der Waals surface area contributed by atoms with E-state index >= 15 is 0 Å². The van der Waals surface area contributed by atoms with Crippen LogP contribution < -0.4 is 0 Å². The van der Waals surface area contributed by atoms with Crippen LogP contribution in [0.3, 0.4) is 0 Å². The van der Waals surface area contributed by atoms with Gasteiger partial charge in [0, 0.05) is 11.4 Å². The molecule has 0 atom stereocenters. The first kappa shape index (κ1) is 14.1. The molecule has 2 nitrogen and oxygen atoms in total. The van der Waals surface area contributed by atoms with Gasteiger partial charge in [0.15, 0.2) is 5.78 Å². The molecule has 0 saturated heterocycles.